The van der Waals surface area contributed by atoms with Gasteiger partial charge in [-0.2, -0.15) is 13.2 Å². The van der Waals surface area contributed by atoms with Crippen LogP contribution in [0.1, 0.15) is 40.9 Å². The molecule has 0 spiro atoms. The van der Waals surface area contributed by atoms with Crippen molar-refractivity contribution in [1.82, 2.24) is 9.97 Å². The van der Waals surface area contributed by atoms with Gasteiger partial charge in [0.1, 0.15) is 17.3 Å². The van der Waals surface area contributed by atoms with Gasteiger partial charge in [-0.3, -0.25) is 14.6 Å². The van der Waals surface area contributed by atoms with Crippen LogP contribution in [0.4, 0.5) is 29.1 Å². The van der Waals surface area contributed by atoms with Gasteiger partial charge in [0, 0.05) is 23.6 Å². The fourth-order valence-electron chi connectivity index (χ4n) is 3.63. The minimum Gasteiger partial charge on any atom is -0.325 e. The molecule has 10 heteroatoms. The molecule has 0 radical (unpaired) electrons. The van der Waals surface area contributed by atoms with Crippen LogP contribution >= 0.6 is 0 Å². The first-order chi connectivity index (χ1) is 15.7. The van der Waals surface area contributed by atoms with Crippen LogP contribution in [-0.4, -0.2) is 21.8 Å². The minimum absolute atomic E-state index is 0.127. The lowest BCUT2D eigenvalue weighted by molar-refractivity contribution is -0.141. The molecule has 2 heterocycles. The quantitative estimate of drug-likeness (QED) is 0.530. The molecule has 4 rings (SSSR count). The van der Waals surface area contributed by atoms with Crippen molar-refractivity contribution in [3.05, 3.63) is 83.6 Å². The van der Waals surface area contributed by atoms with E-state index in [4.69, 9.17) is 0 Å². The average molecular weight is 458 g/mol. The Morgan fingerprint density at radius 3 is 2.24 bits per heavy atom. The predicted molar refractivity (Wildman–Crippen MR) is 112 cm³/mol. The summed E-state index contributed by atoms with van der Waals surface area (Å²) in [7, 11) is 0. The number of alkyl halides is 3. The van der Waals surface area contributed by atoms with Gasteiger partial charge in [0.05, 0.1) is 5.41 Å². The van der Waals surface area contributed by atoms with Crippen molar-refractivity contribution in [2.75, 3.05) is 10.6 Å². The lowest BCUT2D eigenvalue weighted by atomic mass is 9.64. The van der Waals surface area contributed by atoms with Gasteiger partial charge in [0.15, 0.2) is 0 Å². The number of nitrogens with zero attached hydrogens (tertiary/aromatic N) is 2. The standard InChI is InChI=1S/C23H18F4N4O2/c24-16-3-5-17(6-4-16)30-21(33)22(9-1-10-22)15-2-7-19(29-13-15)31-20(32)14-8-11-28-18(12-14)23(25,26)27/h2-8,11-13H,1,9-10H2,(H,30,33)(H,29,31,32). The van der Waals surface area contributed by atoms with Crippen LogP contribution in [0.25, 0.3) is 0 Å². The van der Waals surface area contributed by atoms with Crippen LogP contribution in [0.15, 0.2) is 60.9 Å². The summed E-state index contributed by atoms with van der Waals surface area (Å²) in [5.41, 5.74) is -1.05. The monoisotopic (exact) mass is 458 g/mol. The fourth-order valence-corrected chi connectivity index (χ4v) is 3.63. The van der Waals surface area contributed by atoms with Gasteiger partial charge in [-0.1, -0.05) is 12.5 Å². The number of hydrogen-bond donors (Lipinski definition) is 2. The summed E-state index contributed by atoms with van der Waals surface area (Å²) in [5.74, 6) is -1.29. The Morgan fingerprint density at radius 2 is 1.67 bits per heavy atom. The normalized spacial score (nSPS) is 14.8. The molecule has 1 aromatic carbocycles. The summed E-state index contributed by atoms with van der Waals surface area (Å²) < 4.78 is 51.6. The minimum atomic E-state index is -4.66. The number of pyridine rings is 2. The molecule has 1 fully saturated rings. The number of carbonyl (C=O) groups is 2. The number of benzene rings is 1. The maximum absolute atomic E-state index is 13.1. The first kappa shape index (κ1) is 22.4. The number of halogens is 4. The Balaban J connectivity index is 1.47. The van der Waals surface area contributed by atoms with E-state index in [0.717, 1.165) is 12.6 Å². The summed E-state index contributed by atoms with van der Waals surface area (Å²) >= 11 is 0. The third-order valence-electron chi connectivity index (χ3n) is 5.61. The van der Waals surface area contributed by atoms with E-state index in [2.05, 4.69) is 20.6 Å². The molecule has 33 heavy (non-hydrogen) atoms. The van der Waals surface area contributed by atoms with Gasteiger partial charge in [-0.25, -0.2) is 9.37 Å². The number of anilines is 2. The second kappa shape index (κ2) is 8.61. The molecule has 170 valence electrons. The van der Waals surface area contributed by atoms with Crippen LogP contribution in [0, 0.1) is 5.82 Å². The SMILES string of the molecule is O=C(Nc1ccc(C2(C(=O)Nc3ccc(F)cc3)CCC2)cn1)c1ccnc(C(F)(F)F)c1. The van der Waals surface area contributed by atoms with Crippen molar-refractivity contribution in [2.45, 2.75) is 30.9 Å². The van der Waals surface area contributed by atoms with Crippen molar-refractivity contribution in [1.29, 1.82) is 0 Å². The topological polar surface area (TPSA) is 84.0 Å². The van der Waals surface area contributed by atoms with E-state index in [1.807, 2.05) is 0 Å². The van der Waals surface area contributed by atoms with Crippen molar-refractivity contribution in [3.8, 4) is 0 Å². The van der Waals surface area contributed by atoms with E-state index in [1.54, 1.807) is 6.07 Å². The van der Waals surface area contributed by atoms with Crippen LogP contribution in [-0.2, 0) is 16.4 Å². The third kappa shape index (κ3) is 4.69. The zero-order valence-electron chi connectivity index (χ0n) is 17.1. The second-order valence-electron chi connectivity index (χ2n) is 7.71. The Hall–Kier alpha value is -3.82. The lowest BCUT2D eigenvalue weighted by Crippen LogP contribution is -2.46. The Labute approximate surface area is 186 Å². The highest BCUT2D eigenvalue weighted by Gasteiger charge is 2.46. The highest BCUT2D eigenvalue weighted by Crippen LogP contribution is 2.44. The van der Waals surface area contributed by atoms with Crippen LogP contribution < -0.4 is 10.6 Å². The van der Waals surface area contributed by atoms with Gasteiger partial charge >= 0.3 is 6.18 Å². The molecule has 0 atom stereocenters. The Morgan fingerprint density at radius 1 is 0.939 bits per heavy atom. The fraction of sp³-hybridized carbons (Fsp3) is 0.217. The number of rotatable bonds is 5. The summed E-state index contributed by atoms with van der Waals surface area (Å²) in [6.45, 7) is 0. The van der Waals surface area contributed by atoms with Crippen molar-refractivity contribution < 1.29 is 27.2 Å². The highest BCUT2D eigenvalue weighted by molar-refractivity contribution is 6.04. The second-order valence-corrected chi connectivity index (χ2v) is 7.71. The average Bonchev–Trinajstić information content (AvgIpc) is 2.75. The van der Waals surface area contributed by atoms with Crippen molar-refractivity contribution in [3.63, 3.8) is 0 Å². The van der Waals surface area contributed by atoms with E-state index in [9.17, 15) is 27.2 Å². The molecule has 2 aromatic heterocycles. The summed E-state index contributed by atoms with van der Waals surface area (Å²) in [6, 6.07) is 10.4. The molecule has 1 aliphatic carbocycles. The van der Waals surface area contributed by atoms with E-state index >= 15 is 0 Å². The first-order valence-electron chi connectivity index (χ1n) is 10.1. The summed E-state index contributed by atoms with van der Waals surface area (Å²) in [6.07, 6.45) is -0.239. The maximum Gasteiger partial charge on any atom is 0.433 e. The number of amides is 2. The molecule has 0 aliphatic heterocycles. The molecule has 1 aliphatic rings. The molecule has 2 amide bonds. The van der Waals surface area contributed by atoms with Gasteiger partial charge in [-0.05, 0) is 60.9 Å². The molecular formula is C23H18F4N4O2. The molecule has 0 saturated heterocycles. The Kier molecular flexibility index (Phi) is 5.84. The van der Waals surface area contributed by atoms with Gasteiger partial charge in [0.2, 0.25) is 5.91 Å². The van der Waals surface area contributed by atoms with Crippen LogP contribution in [0.5, 0.6) is 0 Å². The summed E-state index contributed by atoms with van der Waals surface area (Å²) in [4.78, 5) is 32.7. The lowest BCUT2D eigenvalue weighted by Gasteiger charge is -2.40. The number of nitrogens with one attached hydrogen (secondary N) is 2. The van der Waals surface area contributed by atoms with Gasteiger partial charge in [-0.15, -0.1) is 0 Å². The summed E-state index contributed by atoms with van der Waals surface area (Å²) in [5, 5.41) is 5.24. The van der Waals surface area contributed by atoms with Gasteiger partial charge < -0.3 is 10.6 Å². The molecule has 0 bridgehead atoms. The number of aromatic nitrogens is 2. The molecule has 3 aromatic rings. The van der Waals surface area contributed by atoms with E-state index < -0.39 is 29.0 Å². The first-order valence-corrected chi connectivity index (χ1v) is 10.1. The molecule has 1 saturated carbocycles. The predicted octanol–water partition coefficient (Wildman–Crippen LogP) is 4.95. The molecular weight excluding hydrogens is 440 g/mol. The third-order valence-corrected chi connectivity index (χ3v) is 5.61. The molecule has 0 unspecified atom stereocenters. The maximum atomic E-state index is 13.1. The van der Waals surface area contributed by atoms with Crippen molar-refractivity contribution in [2.24, 2.45) is 0 Å². The largest absolute Gasteiger partial charge is 0.433 e. The van der Waals surface area contributed by atoms with E-state index in [0.29, 0.717) is 30.2 Å². The number of carbonyl (C=O) groups excluding carboxylic acids is 2. The highest BCUT2D eigenvalue weighted by atomic mass is 19.4. The van der Waals surface area contributed by atoms with Crippen molar-refractivity contribution >= 4 is 23.3 Å². The van der Waals surface area contributed by atoms with E-state index in [1.165, 1.54) is 42.6 Å². The molecule has 2 N–H and O–H groups in total. The number of hydrogen-bond acceptors (Lipinski definition) is 4. The van der Waals surface area contributed by atoms with Crippen LogP contribution in [0.3, 0.4) is 0 Å². The smallest absolute Gasteiger partial charge is 0.325 e. The van der Waals surface area contributed by atoms with Gasteiger partial charge in [0.25, 0.3) is 5.91 Å². The van der Waals surface area contributed by atoms with E-state index in [-0.39, 0.29) is 17.3 Å². The zero-order chi connectivity index (χ0) is 23.6. The zero-order valence-corrected chi connectivity index (χ0v) is 17.1. The molecule has 6 nitrogen and oxygen atoms in total. The Bertz CT molecular complexity index is 1170. The van der Waals surface area contributed by atoms with Crippen LogP contribution in [0.2, 0.25) is 0 Å².